The number of rotatable bonds is 3. The zero-order valence-corrected chi connectivity index (χ0v) is 11.9. The fourth-order valence-corrected chi connectivity index (χ4v) is 2.62. The molecule has 1 N–H and O–H groups in total. The van der Waals surface area contributed by atoms with Crippen molar-refractivity contribution in [2.24, 2.45) is 0 Å². The molecule has 3 rings (SSSR count). The molecule has 0 fully saturated rings. The van der Waals surface area contributed by atoms with E-state index in [1.54, 1.807) is 7.11 Å². The molecule has 20 heavy (non-hydrogen) atoms. The number of hydrogen-bond acceptors (Lipinski definition) is 4. The molecule has 0 amide bonds. The van der Waals surface area contributed by atoms with Crippen LogP contribution >= 0.6 is 0 Å². The van der Waals surface area contributed by atoms with Gasteiger partial charge in [-0.1, -0.05) is 19.1 Å². The van der Waals surface area contributed by atoms with Crippen molar-refractivity contribution in [1.29, 1.82) is 0 Å². The minimum absolute atomic E-state index is 0.795. The summed E-state index contributed by atoms with van der Waals surface area (Å²) >= 11 is 0. The number of nitrogens with one attached hydrogen (secondary N) is 1. The Kier molecular flexibility index (Phi) is 3.65. The number of aromatic nitrogens is 2. The van der Waals surface area contributed by atoms with E-state index in [1.807, 2.05) is 24.3 Å². The largest absolute Gasteiger partial charge is 0.497 e. The highest BCUT2D eigenvalue weighted by molar-refractivity contribution is 5.58. The number of hydrogen-bond donors (Lipinski definition) is 1. The first-order valence-electron chi connectivity index (χ1n) is 7.05. The molecular formula is C16H19N3O. The highest BCUT2D eigenvalue weighted by Gasteiger charge is 2.17. The lowest BCUT2D eigenvalue weighted by Gasteiger charge is -2.19. The van der Waals surface area contributed by atoms with Crippen LogP contribution in [0.25, 0.3) is 11.4 Å². The van der Waals surface area contributed by atoms with Crippen LogP contribution in [0.2, 0.25) is 0 Å². The summed E-state index contributed by atoms with van der Waals surface area (Å²) in [6, 6.07) is 7.92. The Morgan fingerprint density at radius 1 is 1.30 bits per heavy atom. The van der Waals surface area contributed by atoms with Crippen LogP contribution in [0.1, 0.15) is 23.9 Å². The Labute approximate surface area is 119 Å². The summed E-state index contributed by atoms with van der Waals surface area (Å²) in [4.78, 5) is 9.49. The van der Waals surface area contributed by atoms with Crippen LogP contribution in [-0.2, 0) is 19.4 Å². The Bertz CT molecular complexity index is 608. The van der Waals surface area contributed by atoms with Gasteiger partial charge in [-0.2, -0.15) is 0 Å². The number of aryl methyl sites for hydroxylation is 1. The molecule has 2 aromatic rings. The number of benzene rings is 1. The fourth-order valence-electron chi connectivity index (χ4n) is 2.62. The third-order valence-electron chi connectivity index (χ3n) is 3.69. The van der Waals surface area contributed by atoms with E-state index in [1.165, 1.54) is 11.3 Å². The summed E-state index contributed by atoms with van der Waals surface area (Å²) < 4.78 is 5.28. The molecule has 0 aliphatic carbocycles. The number of fused-ring (bicyclic) bond motifs is 1. The molecule has 0 radical (unpaired) electrons. The molecule has 0 atom stereocenters. The van der Waals surface area contributed by atoms with E-state index in [0.717, 1.165) is 48.8 Å². The van der Waals surface area contributed by atoms with Crippen LogP contribution < -0.4 is 10.1 Å². The minimum Gasteiger partial charge on any atom is -0.497 e. The lowest BCUT2D eigenvalue weighted by molar-refractivity contribution is 0.415. The van der Waals surface area contributed by atoms with Crippen molar-refractivity contribution in [2.45, 2.75) is 26.3 Å². The first-order chi connectivity index (χ1) is 9.81. The standard InChI is InChI=1S/C16H19N3O/c1-3-14-13-7-8-17-10-15(13)19-16(18-14)11-5-4-6-12(9-11)20-2/h4-6,9,17H,3,7-8,10H2,1-2H3. The third kappa shape index (κ3) is 2.39. The van der Waals surface area contributed by atoms with Gasteiger partial charge in [-0.3, -0.25) is 0 Å². The van der Waals surface area contributed by atoms with Gasteiger partial charge in [0, 0.05) is 17.8 Å². The van der Waals surface area contributed by atoms with E-state index in [0.29, 0.717) is 0 Å². The van der Waals surface area contributed by atoms with E-state index in [2.05, 4.69) is 12.2 Å². The molecule has 2 heterocycles. The molecule has 4 heteroatoms. The summed E-state index contributed by atoms with van der Waals surface area (Å²) in [5.74, 6) is 1.63. The van der Waals surface area contributed by atoms with E-state index in [-0.39, 0.29) is 0 Å². The van der Waals surface area contributed by atoms with Crippen molar-refractivity contribution in [3.8, 4) is 17.1 Å². The zero-order chi connectivity index (χ0) is 13.9. The van der Waals surface area contributed by atoms with Crippen LogP contribution in [0.3, 0.4) is 0 Å². The van der Waals surface area contributed by atoms with Gasteiger partial charge in [0.05, 0.1) is 12.8 Å². The van der Waals surface area contributed by atoms with Gasteiger partial charge in [-0.15, -0.1) is 0 Å². The summed E-state index contributed by atoms with van der Waals surface area (Å²) in [7, 11) is 1.67. The Hall–Kier alpha value is -1.94. The first-order valence-corrected chi connectivity index (χ1v) is 7.05. The highest BCUT2D eigenvalue weighted by atomic mass is 16.5. The molecule has 4 nitrogen and oxygen atoms in total. The van der Waals surface area contributed by atoms with Gasteiger partial charge in [-0.25, -0.2) is 9.97 Å². The summed E-state index contributed by atoms with van der Waals surface area (Å²) in [6.07, 6.45) is 1.97. The lowest BCUT2D eigenvalue weighted by atomic mass is 10.0. The monoisotopic (exact) mass is 269 g/mol. The molecule has 1 aliphatic rings. The van der Waals surface area contributed by atoms with Gasteiger partial charge in [-0.05, 0) is 37.1 Å². The van der Waals surface area contributed by atoms with Gasteiger partial charge >= 0.3 is 0 Å². The van der Waals surface area contributed by atoms with E-state index in [4.69, 9.17) is 14.7 Å². The molecule has 104 valence electrons. The van der Waals surface area contributed by atoms with Crippen LogP contribution in [0, 0.1) is 0 Å². The molecule has 1 aliphatic heterocycles. The summed E-state index contributed by atoms with van der Waals surface area (Å²) in [5, 5.41) is 3.38. The van der Waals surface area contributed by atoms with Crippen molar-refractivity contribution in [1.82, 2.24) is 15.3 Å². The third-order valence-corrected chi connectivity index (χ3v) is 3.69. The molecular weight excluding hydrogens is 250 g/mol. The van der Waals surface area contributed by atoms with Crippen LogP contribution in [0.4, 0.5) is 0 Å². The van der Waals surface area contributed by atoms with Crippen LogP contribution in [0.15, 0.2) is 24.3 Å². The van der Waals surface area contributed by atoms with E-state index >= 15 is 0 Å². The molecule has 0 saturated heterocycles. The maximum atomic E-state index is 5.28. The van der Waals surface area contributed by atoms with Gasteiger partial charge in [0.2, 0.25) is 0 Å². The van der Waals surface area contributed by atoms with Crippen LogP contribution in [0.5, 0.6) is 5.75 Å². The topological polar surface area (TPSA) is 47.0 Å². The van der Waals surface area contributed by atoms with Crippen molar-refractivity contribution in [2.75, 3.05) is 13.7 Å². The van der Waals surface area contributed by atoms with E-state index in [9.17, 15) is 0 Å². The molecule has 1 aromatic heterocycles. The average molecular weight is 269 g/mol. The predicted molar refractivity (Wildman–Crippen MR) is 78.8 cm³/mol. The van der Waals surface area contributed by atoms with Gasteiger partial charge in [0.1, 0.15) is 5.75 Å². The quantitative estimate of drug-likeness (QED) is 0.929. The molecule has 1 aromatic carbocycles. The highest BCUT2D eigenvalue weighted by Crippen LogP contribution is 2.24. The minimum atomic E-state index is 0.795. The maximum absolute atomic E-state index is 5.28. The number of nitrogens with zero attached hydrogens (tertiary/aromatic N) is 2. The second-order valence-electron chi connectivity index (χ2n) is 4.93. The molecule has 0 bridgehead atoms. The van der Waals surface area contributed by atoms with Crippen molar-refractivity contribution in [3.05, 3.63) is 41.2 Å². The average Bonchev–Trinajstić information content (AvgIpc) is 2.53. The SMILES string of the molecule is CCc1nc(-c2cccc(OC)c2)nc2c1CCNC2. The Morgan fingerprint density at radius 2 is 2.20 bits per heavy atom. The second-order valence-corrected chi connectivity index (χ2v) is 4.93. The smallest absolute Gasteiger partial charge is 0.159 e. The van der Waals surface area contributed by atoms with Crippen molar-refractivity contribution in [3.63, 3.8) is 0 Å². The second kappa shape index (κ2) is 5.59. The lowest BCUT2D eigenvalue weighted by Crippen LogP contribution is -2.26. The predicted octanol–water partition coefficient (Wildman–Crippen LogP) is 2.36. The molecule has 0 saturated carbocycles. The van der Waals surface area contributed by atoms with Gasteiger partial charge in [0.25, 0.3) is 0 Å². The number of methoxy groups -OCH3 is 1. The number of ether oxygens (including phenoxy) is 1. The molecule has 0 unspecified atom stereocenters. The molecule has 0 spiro atoms. The first kappa shape index (κ1) is 13.1. The van der Waals surface area contributed by atoms with Gasteiger partial charge in [0.15, 0.2) is 5.82 Å². The van der Waals surface area contributed by atoms with Gasteiger partial charge < -0.3 is 10.1 Å². The van der Waals surface area contributed by atoms with Crippen molar-refractivity contribution >= 4 is 0 Å². The Morgan fingerprint density at radius 3 is 3.00 bits per heavy atom. The van der Waals surface area contributed by atoms with Crippen LogP contribution in [-0.4, -0.2) is 23.6 Å². The maximum Gasteiger partial charge on any atom is 0.159 e. The van der Waals surface area contributed by atoms with Crippen molar-refractivity contribution < 1.29 is 4.74 Å². The normalized spacial score (nSPS) is 13.9. The summed E-state index contributed by atoms with van der Waals surface area (Å²) in [6.45, 7) is 4.00. The van der Waals surface area contributed by atoms with E-state index < -0.39 is 0 Å². The summed E-state index contributed by atoms with van der Waals surface area (Å²) in [5.41, 5.74) is 4.65. The fraction of sp³-hybridized carbons (Fsp3) is 0.375. The Balaban J connectivity index is 2.09. The zero-order valence-electron chi connectivity index (χ0n) is 11.9.